The van der Waals surface area contributed by atoms with E-state index >= 15 is 0 Å². The fourth-order valence-corrected chi connectivity index (χ4v) is 3.36. The van der Waals surface area contributed by atoms with Gasteiger partial charge in [0.25, 0.3) is 0 Å². The molecule has 3 N–H and O–H groups in total. The summed E-state index contributed by atoms with van der Waals surface area (Å²) in [5.74, 6) is 1.99. The van der Waals surface area contributed by atoms with Gasteiger partial charge in [0, 0.05) is 25.0 Å². The van der Waals surface area contributed by atoms with Crippen molar-refractivity contribution in [3.05, 3.63) is 47.1 Å². The van der Waals surface area contributed by atoms with Gasteiger partial charge in [0.05, 0.1) is 18.7 Å². The van der Waals surface area contributed by atoms with Gasteiger partial charge in [-0.2, -0.15) is 0 Å². The molecular weight excluding hydrogens is 489 g/mol. The van der Waals surface area contributed by atoms with Crippen LogP contribution in [-0.2, 0) is 6.54 Å². The topological polar surface area (TPSA) is 75.8 Å². The molecule has 1 aromatic carbocycles. The summed E-state index contributed by atoms with van der Waals surface area (Å²) in [5.41, 5.74) is 7.75. The SMILES string of the molecule is COc1ccc(NC(N)=NCc2ccc(N3CCCCCC3)nc2)cc1Cl.I. The molecule has 0 amide bonds. The number of aromatic nitrogens is 1. The lowest BCUT2D eigenvalue weighted by molar-refractivity contribution is 0.415. The third-order valence-electron chi connectivity index (χ3n) is 4.60. The number of nitrogens with one attached hydrogen (secondary N) is 1. The van der Waals surface area contributed by atoms with Crippen LogP contribution in [0.4, 0.5) is 11.5 Å². The van der Waals surface area contributed by atoms with E-state index in [1.807, 2.05) is 12.3 Å². The second kappa shape index (κ2) is 11.3. The molecule has 3 rings (SSSR count). The number of anilines is 2. The summed E-state index contributed by atoms with van der Waals surface area (Å²) in [5, 5.41) is 3.55. The predicted molar refractivity (Wildman–Crippen MR) is 127 cm³/mol. The normalized spacial score (nSPS) is 14.8. The number of pyridine rings is 1. The molecule has 1 aliphatic heterocycles. The Morgan fingerprint density at radius 1 is 1.21 bits per heavy atom. The smallest absolute Gasteiger partial charge is 0.193 e. The predicted octanol–water partition coefficient (Wildman–Crippen LogP) is 4.67. The summed E-state index contributed by atoms with van der Waals surface area (Å²) in [7, 11) is 1.58. The molecule has 0 radical (unpaired) electrons. The molecule has 2 aromatic rings. The van der Waals surface area contributed by atoms with E-state index in [0.717, 1.165) is 30.2 Å². The van der Waals surface area contributed by atoms with Gasteiger partial charge in [-0.25, -0.2) is 9.98 Å². The second-order valence-electron chi connectivity index (χ2n) is 6.60. The monoisotopic (exact) mass is 515 g/mol. The average Bonchev–Trinajstić information content (AvgIpc) is 2.96. The zero-order valence-electron chi connectivity index (χ0n) is 16.0. The van der Waals surface area contributed by atoms with Crippen LogP contribution in [0.25, 0.3) is 0 Å². The number of nitrogens with zero attached hydrogens (tertiary/aromatic N) is 3. The minimum absolute atomic E-state index is 0. The molecular formula is C20H27ClIN5O. The zero-order valence-corrected chi connectivity index (χ0v) is 19.1. The van der Waals surface area contributed by atoms with E-state index in [-0.39, 0.29) is 24.0 Å². The van der Waals surface area contributed by atoms with Crippen LogP contribution in [0.15, 0.2) is 41.5 Å². The van der Waals surface area contributed by atoms with Crippen LogP contribution >= 0.6 is 35.6 Å². The zero-order chi connectivity index (χ0) is 19.1. The van der Waals surface area contributed by atoms with E-state index in [9.17, 15) is 0 Å². The van der Waals surface area contributed by atoms with E-state index in [2.05, 4.69) is 32.3 Å². The van der Waals surface area contributed by atoms with Crippen molar-refractivity contribution in [1.29, 1.82) is 0 Å². The van der Waals surface area contributed by atoms with Crippen LogP contribution in [0.5, 0.6) is 5.75 Å². The number of aliphatic imine (C=N–C) groups is 1. The first-order valence-electron chi connectivity index (χ1n) is 9.26. The Kier molecular flexibility index (Phi) is 9.11. The summed E-state index contributed by atoms with van der Waals surface area (Å²) in [6.45, 7) is 2.65. The fourth-order valence-electron chi connectivity index (χ4n) is 3.11. The fraction of sp³-hybridized carbons (Fsp3) is 0.400. The number of ether oxygens (including phenoxy) is 1. The van der Waals surface area contributed by atoms with Crippen molar-refractivity contribution in [3.63, 3.8) is 0 Å². The summed E-state index contributed by atoms with van der Waals surface area (Å²) in [6, 6.07) is 9.51. The number of nitrogens with two attached hydrogens (primary N) is 1. The third kappa shape index (κ3) is 6.41. The number of halogens is 2. The van der Waals surface area contributed by atoms with Gasteiger partial charge < -0.3 is 20.7 Å². The number of methoxy groups -OCH3 is 1. The second-order valence-corrected chi connectivity index (χ2v) is 7.01. The summed E-state index contributed by atoms with van der Waals surface area (Å²) >= 11 is 6.12. The Labute approximate surface area is 188 Å². The van der Waals surface area contributed by atoms with Gasteiger partial charge in [-0.1, -0.05) is 30.5 Å². The van der Waals surface area contributed by atoms with Crippen molar-refractivity contribution in [2.24, 2.45) is 10.7 Å². The van der Waals surface area contributed by atoms with Gasteiger partial charge in [0.1, 0.15) is 11.6 Å². The van der Waals surface area contributed by atoms with Crippen LogP contribution in [0.3, 0.4) is 0 Å². The molecule has 152 valence electrons. The largest absolute Gasteiger partial charge is 0.495 e. The molecule has 0 spiro atoms. The maximum Gasteiger partial charge on any atom is 0.193 e. The number of benzene rings is 1. The van der Waals surface area contributed by atoms with Gasteiger partial charge in [0.15, 0.2) is 5.96 Å². The molecule has 1 aliphatic rings. The van der Waals surface area contributed by atoms with Crippen molar-refractivity contribution >= 4 is 53.0 Å². The molecule has 0 saturated carbocycles. The van der Waals surface area contributed by atoms with Crippen LogP contribution in [-0.4, -0.2) is 31.1 Å². The highest BCUT2D eigenvalue weighted by atomic mass is 127. The highest BCUT2D eigenvalue weighted by molar-refractivity contribution is 14.0. The Morgan fingerprint density at radius 3 is 2.57 bits per heavy atom. The van der Waals surface area contributed by atoms with Crippen molar-refractivity contribution in [1.82, 2.24) is 4.98 Å². The molecule has 1 saturated heterocycles. The molecule has 6 nitrogen and oxygen atoms in total. The summed E-state index contributed by atoms with van der Waals surface area (Å²) in [4.78, 5) is 11.3. The molecule has 2 heterocycles. The van der Waals surface area contributed by atoms with Crippen LogP contribution in [0.2, 0.25) is 5.02 Å². The van der Waals surface area contributed by atoms with Crippen molar-refractivity contribution in [3.8, 4) is 5.75 Å². The van der Waals surface area contributed by atoms with Gasteiger partial charge in [-0.15, -0.1) is 24.0 Å². The molecule has 28 heavy (non-hydrogen) atoms. The van der Waals surface area contributed by atoms with Crippen LogP contribution < -0.4 is 20.7 Å². The average molecular weight is 516 g/mol. The van der Waals surface area contributed by atoms with E-state index in [0.29, 0.717) is 23.3 Å². The molecule has 1 aromatic heterocycles. The Bertz CT molecular complexity index is 777. The van der Waals surface area contributed by atoms with E-state index < -0.39 is 0 Å². The molecule has 1 fully saturated rings. The van der Waals surface area contributed by atoms with E-state index in [4.69, 9.17) is 22.1 Å². The lowest BCUT2D eigenvalue weighted by Crippen LogP contribution is -2.24. The van der Waals surface area contributed by atoms with E-state index in [1.54, 1.807) is 19.2 Å². The number of hydrogen-bond acceptors (Lipinski definition) is 4. The maximum absolute atomic E-state index is 6.12. The first-order valence-corrected chi connectivity index (χ1v) is 9.64. The van der Waals surface area contributed by atoms with Crippen LogP contribution in [0, 0.1) is 0 Å². The lowest BCUT2D eigenvalue weighted by Gasteiger charge is -2.21. The molecule has 0 aliphatic carbocycles. The number of guanidine groups is 1. The summed E-state index contributed by atoms with van der Waals surface area (Å²) < 4.78 is 5.14. The van der Waals surface area contributed by atoms with E-state index in [1.165, 1.54) is 25.7 Å². The molecule has 0 bridgehead atoms. The minimum Gasteiger partial charge on any atom is -0.495 e. The number of rotatable bonds is 5. The lowest BCUT2D eigenvalue weighted by atomic mass is 10.2. The van der Waals surface area contributed by atoms with Gasteiger partial charge in [-0.05, 0) is 42.7 Å². The first kappa shape index (κ1) is 22.5. The van der Waals surface area contributed by atoms with Crippen molar-refractivity contribution in [2.75, 3.05) is 30.4 Å². The Balaban J connectivity index is 0.00000280. The molecule has 0 atom stereocenters. The maximum atomic E-state index is 6.12. The highest BCUT2D eigenvalue weighted by Crippen LogP contribution is 2.27. The minimum atomic E-state index is 0. The molecule has 0 unspecified atom stereocenters. The first-order chi connectivity index (χ1) is 13.2. The van der Waals surface area contributed by atoms with Crippen LogP contribution in [0.1, 0.15) is 31.2 Å². The Hall–Kier alpha value is -1.74. The quantitative estimate of drug-likeness (QED) is 0.344. The molecule has 8 heteroatoms. The van der Waals surface area contributed by atoms with Gasteiger partial charge in [0.2, 0.25) is 0 Å². The number of hydrogen-bond donors (Lipinski definition) is 2. The van der Waals surface area contributed by atoms with Crippen molar-refractivity contribution < 1.29 is 4.74 Å². The van der Waals surface area contributed by atoms with Gasteiger partial charge in [-0.3, -0.25) is 0 Å². The summed E-state index contributed by atoms with van der Waals surface area (Å²) in [6.07, 6.45) is 6.99. The van der Waals surface area contributed by atoms with Crippen molar-refractivity contribution in [2.45, 2.75) is 32.2 Å². The Morgan fingerprint density at radius 2 is 1.96 bits per heavy atom. The van der Waals surface area contributed by atoms with Gasteiger partial charge >= 0.3 is 0 Å². The third-order valence-corrected chi connectivity index (χ3v) is 4.89. The standard InChI is InChI=1S/C20H26ClN5O.HI/c1-27-18-8-7-16(12-17(18)21)25-20(22)24-14-15-6-9-19(23-13-15)26-10-4-2-3-5-11-26;/h6-9,12-13H,2-5,10-11,14H2,1H3,(H3,22,24,25);1H. The highest BCUT2D eigenvalue weighted by Gasteiger charge is 2.10.